The molecular weight excluding hydrogens is 269 g/mol. The van der Waals surface area contributed by atoms with Gasteiger partial charge < -0.3 is 14.8 Å². The van der Waals surface area contributed by atoms with E-state index >= 15 is 0 Å². The molecule has 0 amide bonds. The van der Waals surface area contributed by atoms with Crippen LogP contribution in [-0.4, -0.2) is 25.9 Å². The van der Waals surface area contributed by atoms with Crippen LogP contribution in [0.15, 0.2) is 18.2 Å². The first kappa shape index (κ1) is 17.9. The SMILES string of the molecule is CCCNC(C)c1ccc(OCCC(C)(C)OC)c(F)c1. The summed E-state index contributed by atoms with van der Waals surface area (Å²) in [5, 5.41) is 3.34. The van der Waals surface area contributed by atoms with Gasteiger partial charge in [-0.15, -0.1) is 0 Å². The Hall–Kier alpha value is -1.13. The molecule has 0 saturated carbocycles. The lowest BCUT2D eigenvalue weighted by Crippen LogP contribution is -2.25. The van der Waals surface area contributed by atoms with E-state index in [9.17, 15) is 4.39 Å². The minimum atomic E-state index is -0.312. The molecule has 1 aromatic carbocycles. The summed E-state index contributed by atoms with van der Waals surface area (Å²) in [4.78, 5) is 0. The van der Waals surface area contributed by atoms with Gasteiger partial charge in [0.05, 0.1) is 12.2 Å². The van der Waals surface area contributed by atoms with Crippen molar-refractivity contribution in [1.82, 2.24) is 5.32 Å². The van der Waals surface area contributed by atoms with Crippen LogP contribution in [0.4, 0.5) is 4.39 Å². The zero-order chi connectivity index (χ0) is 15.9. The molecule has 1 rings (SSSR count). The monoisotopic (exact) mass is 297 g/mol. The number of methoxy groups -OCH3 is 1. The molecule has 1 N–H and O–H groups in total. The summed E-state index contributed by atoms with van der Waals surface area (Å²) in [7, 11) is 1.67. The van der Waals surface area contributed by atoms with Crippen LogP contribution in [0.25, 0.3) is 0 Å². The smallest absolute Gasteiger partial charge is 0.165 e. The molecule has 1 unspecified atom stereocenters. The van der Waals surface area contributed by atoms with E-state index in [1.807, 2.05) is 26.8 Å². The number of ether oxygens (including phenoxy) is 2. The molecule has 21 heavy (non-hydrogen) atoms. The average molecular weight is 297 g/mol. The third-order valence-corrected chi connectivity index (χ3v) is 3.67. The molecule has 0 radical (unpaired) electrons. The van der Waals surface area contributed by atoms with E-state index in [-0.39, 0.29) is 17.5 Å². The number of hydrogen-bond donors (Lipinski definition) is 1. The van der Waals surface area contributed by atoms with E-state index in [4.69, 9.17) is 9.47 Å². The third-order valence-electron chi connectivity index (χ3n) is 3.67. The van der Waals surface area contributed by atoms with Crippen molar-refractivity contribution >= 4 is 0 Å². The van der Waals surface area contributed by atoms with Gasteiger partial charge in [0.2, 0.25) is 0 Å². The van der Waals surface area contributed by atoms with Crippen LogP contribution in [0, 0.1) is 5.82 Å². The molecule has 0 heterocycles. The van der Waals surface area contributed by atoms with Gasteiger partial charge in [-0.1, -0.05) is 13.0 Å². The van der Waals surface area contributed by atoms with Crippen molar-refractivity contribution in [1.29, 1.82) is 0 Å². The molecule has 0 aliphatic carbocycles. The van der Waals surface area contributed by atoms with Gasteiger partial charge in [0.15, 0.2) is 11.6 Å². The molecule has 0 aromatic heterocycles. The van der Waals surface area contributed by atoms with Crippen molar-refractivity contribution in [3.63, 3.8) is 0 Å². The Morgan fingerprint density at radius 1 is 1.33 bits per heavy atom. The molecule has 0 fully saturated rings. The molecular formula is C17H28FNO2. The van der Waals surface area contributed by atoms with Crippen LogP contribution in [0.5, 0.6) is 5.75 Å². The molecule has 0 saturated heterocycles. The van der Waals surface area contributed by atoms with E-state index < -0.39 is 0 Å². The summed E-state index contributed by atoms with van der Waals surface area (Å²) < 4.78 is 24.9. The number of halogens is 1. The highest BCUT2D eigenvalue weighted by Gasteiger charge is 2.17. The van der Waals surface area contributed by atoms with Gasteiger partial charge in [-0.3, -0.25) is 0 Å². The fourth-order valence-corrected chi connectivity index (χ4v) is 1.89. The van der Waals surface area contributed by atoms with E-state index in [2.05, 4.69) is 12.2 Å². The Morgan fingerprint density at radius 2 is 2.05 bits per heavy atom. The summed E-state index contributed by atoms with van der Waals surface area (Å²) in [5.41, 5.74) is 0.681. The lowest BCUT2D eigenvalue weighted by atomic mass is 10.1. The summed E-state index contributed by atoms with van der Waals surface area (Å²) >= 11 is 0. The van der Waals surface area contributed by atoms with Crippen LogP contribution < -0.4 is 10.1 Å². The third kappa shape index (κ3) is 6.02. The topological polar surface area (TPSA) is 30.5 Å². The molecule has 0 spiro atoms. The molecule has 0 aliphatic rings. The fraction of sp³-hybridized carbons (Fsp3) is 0.647. The number of nitrogens with one attached hydrogen (secondary N) is 1. The largest absolute Gasteiger partial charge is 0.490 e. The predicted octanol–water partition coefficient (Wildman–Crippen LogP) is 4.08. The molecule has 0 bridgehead atoms. The maximum absolute atomic E-state index is 14.1. The van der Waals surface area contributed by atoms with Gasteiger partial charge in [-0.2, -0.15) is 0 Å². The average Bonchev–Trinajstić information content (AvgIpc) is 2.46. The first-order chi connectivity index (χ1) is 9.89. The van der Waals surface area contributed by atoms with Gasteiger partial charge in [0.1, 0.15) is 0 Å². The number of hydrogen-bond acceptors (Lipinski definition) is 3. The zero-order valence-electron chi connectivity index (χ0n) is 13.8. The highest BCUT2D eigenvalue weighted by molar-refractivity contribution is 5.30. The normalized spacial score (nSPS) is 13.2. The lowest BCUT2D eigenvalue weighted by molar-refractivity contribution is 0.00513. The van der Waals surface area contributed by atoms with Gasteiger partial charge >= 0.3 is 0 Å². The van der Waals surface area contributed by atoms with Crippen molar-refractivity contribution < 1.29 is 13.9 Å². The molecule has 1 aromatic rings. The van der Waals surface area contributed by atoms with Crippen LogP contribution in [-0.2, 0) is 4.74 Å². The first-order valence-corrected chi connectivity index (χ1v) is 7.60. The van der Waals surface area contributed by atoms with E-state index in [0.29, 0.717) is 18.8 Å². The minimum Gasteiger partial charge on any atom is -0.490 e. The van der Waals surface area contributed by atoms with Gasteiger partial charge in [-0.25, -0.2) is 4.39 Å². The first-order valence-electron chi connectivity index (χ1n) is 7.60. The fourth-order valence-electron chi connectivity index (χ4n) is 1.89. The summed E-state index contributed by atoms with van der Waals surface area (Å²) in [6.45, 7) is 9.46. The van der Waals surface area contributed by atoms with Crippen LogP contribution in [0.1, 0.15) is 52.1 Å². The van der Waals surface area contributed by atoms with Crippen molar-refractivity contribution in [3.05, 3.63) is 29.6 Å². The van der Waals surface area contributed by atoms with E-state index in [1.54, 1.807) is 19.2 Å². The number of rotatable bonds is 9. The van der Waals surface area contributed by atoms with Crippen LogP contribution in [0.2, 0.25) is 0 Å². The highest BCUT2D eigenvalue weighted by atomic mass is 19.1. The van der Waals surface area contributed by atoms with E-state index in [1.165, 1.54) is 0 Å². The summed E-state index contributed by atoms with van der Waals surface area (Å²) in [5.74, 6) is -0.0128. The van der Waals surface area contributed by atoms with Gasteiger partial charge in [0, 0.05) is 19.6 Å². The van der Waals surface area contributed by atoms with Crippen molar-refractivity contribution in [2.75, 3.05) is 20.3 Å². The molecule has 0 aliphatic heterocycles. The maximum Gasteiger partial charge on any atom is 0.165 e. The Balaban J connectivity index is 2.58. The Morgan fingerprint density at radius 3 is 2.62 bits per heavy atom. The Bertz CT molecular complexity index is 435. The van der Waals surface area contributed by atoms with E-state index in [0.717, 1.165) is 18.5 Å². The second-order valence-corrected chi connectivity index (χ2v) is 5.93. The van der Waals surface area contributed by atoms with Crippen molar-refractivity contribution in [2.45, 2.75) is 52.2 Å². The minimum absolute atomic E-state index is 0.140. The van der Waals surface area contributed by atoms with Crippen LogP contribution in [0.3, 0.4) is 0 Å². The molecule has 120 valence electrons. The quantitative estimate of drug-likeness (QED) is 0.745. The van der Waals surface area contributed by atoms with Crippen molar-refractivity contribution in [2.24, 2.45) is 0 Å². The van der Waals surface area contributed by atoms with Gasteiger partial charge in [-0.05, 0) is 51.4 Å². The second-order valence-electron chi connectivity index (χ2n) is 5.93. The molecule has 3 nitrogen and oxygen atoms in total. The summed E-state index contributed by atoms with van der Waals surface area (Å²) in [6, 6.07) is 5.30. The maximum atomic E-state index is 14.1. The standard InChI is InChI=1S/C17H28FNO2/c1-6-10-19-13(2)14-7-8-16(15(18)12-14)21-11-9-17(3,4)20-5/h7-8,12-13,19H,6,9-11H2,1-5H3. The van der Waals surface area contributed by atoms with Crippen LogP contribution >= 0.6 is 0 Å². The Kier molecular flexibility index (Phi) is 7.12. The summed E-state index contributed by atoms with van der Waals surface area (Å²) in [6.07, 6.45) is 1.77. The Labute approximate surface area is 127 Å². The lowest BCUT2D eigenvalue weighted by Gasteiger charge is -2.22. The highest BCUT2D eigenvalue weighted by Crippen LogP contribution is 2.23. The van der Waals surface area contributed by atoms with Gasteiger partial charge in [0.25, 0.3) is 0 Å². The molecule has 1 atom stereocenters. The zero-order valence-corrected chi connectivity index (χ0v) is 13.8. The van der Waals surface area contributed by atoms with Crippen molar-refractivity contribution in [3.8, 4) is 5.75 Å². The predicted molar refractivity (Wildman–Crippen MR) is 84.3 cm³/mol. The number of benzene rings is 1. The second kappa shape index (κ2) is 8.35. The molecule has 4 heteroatoms.